The molecule has 1 fully saturated rings. The molecule has 30 heavy (non-hydrogen) atoms. The fourth-order valence-electron chi connectivity index (χ4n) is 3.04. The van der Waals surface area contributed by atoms with E-state index in [-0.39, 0.29) is 36.9 Å². The molecule has 0 radical (unpaired) electrons. The lowest BCUT2D eigenvalue weighted by Gasteiger charge is -2.35. The first kappa shape index (κ1) is 21.9. The number of benzene rings is 1. The van der Waals surface area contributed by atoms with Gasteiger partial charge in [-0.2, -0.15) is 13.2 Å². The van der Waals surface area contributed by atoms with Crippen LogP contribution in [0, 0.1) is 0 Å². The summed E-state index contributed by atoms with van der Waals surface area (Å²) in [6.45, 7) is -0.344. The van der Waals surface area contributed by atoms with Gasteiger partial charge in [-0.3, -0.25) is 9.59 Å². The van der Waals surface area contributed by atoms with Crippen LogP contribution in [-0.4, -0.2) is 65.6 Å². The fraction of sp³-hybridized carbons (Fsp3) is 0.350. The van der Waals surface area contributed by atoms with Crippen molar-refractivity contribution in [2.75, 3.05) is 32.8 Å². The molecule has 2 amide bonds. The van der Waals surface area contributed by atoms with Crippen LogP contribution in [0.5, 0.6) is 5.88 Å². The first-order valence-corrected chi connectivity index (χ1v) is 9.57. The molecule has 1 aliphatic heterocycles. The van der Waals surface area contributed by atoms with Gasteiger partial charge in [0.15, 0.2) is 6.61 Å². The molecule has 0 N–H and O–H groups in total. The van der Waals surface area contributed by atoms with Gasteiger partial charge in [-0.05, 0) is 29.8 Å². The fourth-order valence-corrected chi connectivity index (χ4v) is 3.16. The van der Waals surface area contributed by atoms with Gasteiger partial charge in [-0.15, -0.1) is 0 Å². The number of halogens is 4. The lowest BCUT2D eigenvalue weighted by Crippen LogP contribution is -2.51. The Labute approximate surface area is 176 Å². The van der Waals surface area contributed by atoms with Crippen LogP contribution in [0.3, 0.4) is 0 Å². The largest absolute Gasteiger partial charge is 0.467 e. The Balaban J connectivity index is 1.58. The normalized spacial score (nSPS) is 14.5. The van der Waals surface area contributed by atoms with Crippen molar-refractivity contribution in [2.24, 2.45) is 0 Å². The summed E-state index contributed by atoms with van der Waals surface area (Å²) < 4.78 is 42.0. The minimum atomic E-state index is -4.53. The van der Waals surface area contributed by atoms with E-state index >= 15 is 0 Å². The molecule has 2 aromatic rings. The number of amides is 2. The molecule has 0 unspecified atom stereocenters. The molecule has 160 valence electrons. The smallest absolute Gasteiger partial charge is 0.422 e. The minimum absolute atomic E-state index is 0.0392. The van der Waals surface area contributed by atoms with Gasteiger partial charge in [0.05, 0.1) is 6.42 Å². The minimum Gasteiger partial charge on any atom is -0.467 e. The van der Waals surface area contributed by atoms with E-state index in [4.69, 9.17) is 16.3 Å². The van der Waals surface area contributed by atoms with Crippen LogP contribution >= 0.6 is 11.6 Å². The van der Waals surface area contributed by atoms with Gasteiger partial charge in [-0.25, -0.2) is 4.98 Å². The molecule has 1 saturated heterocycles. The average Bonchev–Trinajstić information content (AvgIpc) is 2.73. The second kappa shape index (κ2) is 9.34. The summed E-state index contributed by atoms with van der Waals surface area (Å²) in [5, 5.41) is 0.590. The van der Waals surface area contributed by atoms with Crippen molar-refractivity contribution in [1.29, 1.82) is 0 Å². The van der Waals surface area contributed by atoms with Crippen molar-refractivity contribution in [1.82, 2.24) is 14.8 Å². The van der Waals surface area contributed by atoms with Crippen LogP contribution < -0.4 is 4.74 Å². The second-order valence-electron chi connectivity index (χ2n) is 6.74. The zero-order valence-electron chi connectivity index (χ0n) is 15.9. The Morgan fingerprint density at radius 1 is 1.03 bits per heavy atom. The summed E-state index contributed by atoms with van der Waals surface area (Å²) in [4.78, 5) is 32.1. The van der Waals surface area contributed by atoms with E-state index in [0.29, 0.717) is 18.1 Å². The van der Waals surface area contributed by atoms with E-state index < -0.39 is 18.7 Å². The second-order valence-corrected chi connectivity index (χ2v) is 7.17. The molecule has 0 bridgehead atoms. The number of carbonyl (C=O) groups is 2. The Bertz CT molecular complexity index is 898. The van der Waals surface area contributed by atoms with Crippen LogP contribution in [0.2, 0.25) is 5.02 Å². The predicted molar refractivity (Wildman–Crippen MR) is 103 cm³/mol. The van der Waals surface area contributed by atoms with Crippen LogP contribution in [0.4, 0.5) is 13.2 Å². The zero-order chi connectivity index (χ0) is 21.7. The van der Waals surface area contributed by atoms with Crippen molar-refractivity contribution in [3.8, 4) is 5.88 Å². The van der Waals surface area contributed by atoms with E-state index in [9.17, 15) is 22.8 Å². The van der Waals surface area contributed by atoms with E-state index in [2.05, 4.69) is 4.98 Å². The maximum absolute atomic E-state index is 12.8. The molecule has 0 atom stereocenters. The van der Waals surface area contributed by atoms with Gasteiger partial charge in [0, 0.05) is 37.4 Å². The maximum Gasteiger partial charge on any atom is 0.422 e. The molecule has 6 nitrogen and oxygen atoms in total. The van der Waals surface area contributed by atoms with Crippen molar-refractivity contribution in [3.05, 3.63) is 58.7 Å². The molecule has 10 heteroatoms. The summed E-state index contributed by atoms with van der Waals surface area (Å²) in [5.74, 6) is -0.911. The van der Waals surface area contributed by atoms with Gasteiger partial charge in [0.1, 0.15) is 5.56 Å². The highest BCUT2D eigenvalue weighted by molar-refractivity contribution is 6.30. The summed E-state index contributed by atoms with van der Waals surface area (Å²) in [5.41, 5.74) is 0.799. The average molecular weight is 442 g/mol. The number of rotatable bonds is 5. The van der Waals surface area contributed by atoms with Crippen LogP contribution in [0.25, 0.3) is 0 Å². The Morgan fingerprint density at radius 2 is 1.67 bits per heavy atom. The summed E-state index contributed by atoms with van der Waals surface area (Å²) >= 11 is 5.84. The molecular formula is C20H19ClF3N3O3. The van der Waals surface area contributed by atoms with Gasteiger partial charge < -0.3 is 14.5 Å². The number of carbonyl (C=O) groups excluding carboxylic acids is 2. The van der Waals surface area contributed by atoms with Gasteiger partial charge in [-0.1, -0.05) is 23.7 Å². The molecule has 1 aromatic heterocycles. The summed E-state index contributed by atoms with van der Waals surface area (Å²) in [6.07, 6.45) is -3.05. The Hall–Kier alpha value is -2.81. The number of hydrogen-bond donors (Lipinski definition) is 0. The number of piperazine rings is 1. The van der Waals surface area contributed by atoms with Crippen molar-refractivity contribution >= 4 is 23.4 Å². The van der Waals surface area contributed by atoms with Crippen molar-refractivity contribution in [2.45, 2.75) is 12.6 Å². The monoisotopic (exact) mass is 441 g/mol. The number of alkyl halides is 3. The van der Waals surface area contributed by atoms with Crippen molar-refractivity contribution in [3.63, 3.8) is 0 Å². The zero-order valence-corrected chi connectivity index (χ0v) is 16.6. The lowest BCUT2D eigenvalue weighted by atomic mass is 10.1. The molecule has 1 aliphatic rings. The number of pyridine rings is 1. The lowest BCUT2D eigenvalue weighted by molar-refractivity contribution is -0.154. The van der Waals surface area contributed by atoms with E-state index in [0.717, 1.165) is 5.56 Å². The molecule has 2 heterocycles. The highest BCUT2D eigenvalue weighted by atomic mass is 35.5. The third kappa shape index (κ3) is 5.85. The number of hydrogen-bond acceptors (Lipinski definition) is 4. The van der Waals surface area contributed by atoms with Crippen molar-refractivity contribution < 1.29 is 27.5 Å². The van der Waals surface area contributed by atoms with Gasteiger partial charge in [0.25, 0.3) is 5.91 Å². The molecule has 1 aromatic carbocycles. The van der Waals surface area contributed by atoms with Gasteiger partial charge in [0.2, 0.25) is 11.8 Å². The van der Waals surface area contributed by atoms with Crippen LogP contribution in [0.1, 0.15) is 15.9 Å². The third-order valence-corrected chi connectivity index (χ3v) is 4.81. The van der Waals surface area contributed by atoms with E-state index in [1.807, 2.05) is 0 Å². The highest BCUT2D eigenvalue weighted by Gasteiger charge is 2.31. The number of nitrogens with zero attached hydrogens (tertiary/aromatic N) is 3. The molecule has 0 spiro atoms. The van der Waals surface area contributed by atoms with Crippen LogP contribution in [0.15, 0.2) is 42.6 Å². The highest BCUT2D eigenvalue weighted by Crippen LogP contribution is 2.22. The van der Waals surface area contributed by atoms with Crippen LogP contribution in [-0.2, 0) is 11.2 Å². The molecule has 3 rings (SSSR count). The van der Waals surface area contributed by atoms with E-state index in [1.165, 1.54) is 23.2 Å². The first-order valence-electron chi connectivity index (χ1n) is 9.19. The topological polar surface area (TPSA) is 62.7 Å². The summed E-state index contributed by atoms with van der Waals surface area (Å²) in [6, 6.07) is 9.83. The molecule has 0 saturated carbocycles. The maximum atomic E-state index is 12.8. The predicted octanol–water partition coefficient (Wildman–Crippen LogP) is 3.20. The third-order valence-electron chi connectivity index (χ3n) is 4.56. The van der Waals surface area contributed by atoms with E-state index in [1.54, 1.807) is 29.2 Å². The molecular weight excluding hydrogens is 423 g/mol. The standard InChI is InChI=1S/C20H19ClF3N3O3/c21-15-5-3-14(4-6-15)12-17(28)26-8-10-27(11-9-26)19(29)16-2-1-7-25-18(16)30-13-20(22,23)24/h1-7H,8-13H2. The molecule has 0 aliphatic carbocycles. The summed E-state index contributed by atoms with van der Waals surface area (Å²) in [7, 11) is 0. The Morgan fingerprint density at radius 3 is 2.30 bits per heavy atom. The number of aromatic nitrogens is 1. The quantitative estimate of drug-likeness (QED) is 0.715. The first-order chi connectivity index (χ1) is 14.2. The Kier molecular flexibility index (Phi) is 6.81. The van der Waals surface area contributed by atoms with Gasteiger partial charge >= 0.3 is 6.18 Å². The number of ether oxygens (including phenoxy) is 1. The SMILES string of the molecule is O=C(Cc1ccc(Cl)cc1)N1CCN(C(=O)c2cccnc2OCC(F)(F)F)CC1.